The fraction of sp³-hybridized carbons (Fsp3) is 0.556. The van der Waals surface area contributed by atoms with Gasteiger partial charge in [-0.05, 0) is 90.7 Å². The quantitative estimate of drug-likeness (QED) is 0.508. The molecule has 1 unspecified atom stereocenters. The molecule has 0 heterocycles. The molecule has 0 radical (unpaired) electrons. The van der Waals surface area contributed by atoms with Gasteiger partial charge in [0.05, 0.1) is 6.61 Å². The van der Waals surface area contributed by atoms with E-state index in [0.717, 1.165) is 36.5 Å². The number of rotatable bonds is 6. The van der Waals surface area contributed by atoms with Crippen molar-refractivity contribution >= 4 is 0 Å². The van der Waals surface area contributed by atoms with Crippen LogP contribution in [0.3, 0.4) is 0 Å². The number of aryl methyl sites for hydroxylation is 1. The first kappa shape index (κ1) is 19.6. The van der Waals surface area contributed by atoms with Gasteiger partial charge in [0.2, 0.25) is 0 Å². The van der Waals surface area contributed by atoms with Crippen LogP contribution in [0.1, 0.15) is 69.9 Å². The van der Waals surface area contributed by atoms with Crippen molar-refractivity contribution < 1.29 is 4.74 Å². The third-order valence-electron chi connectivity index (χ3n) is 7.27. The molecule has 2 aromatic carbocycles. The maximum absolute atomic E-state index is 5.72. The molecule has 0 aromatic heterocycles. The fourth-order valence-electron chi connectivity index (χ4n) is 5.40. The van der Waals surface area contributed by atoms with E-state index in [-0.39, 0.29) is 0 Å². The van der Waals surface area contributed by atoms with Crippen molar-refractivity contribution in [2.24, 2.45) is 17.8 Å². The minimum atomic E-state index is 0.791. The summed E-state index contributed by atoms with van der Waals surface area (Å²) in [5, 5.41) is 0. The molecule has 4 rings (SSSR count). The van der Waals surface area contributed by atoms with E-state index in [4.69, 9.17) is 4.74 Å². The highest BCUT2D eigenvalue weighted by Crippen LogP contribution is 2.40. The third-order valence-corrected chi connectivity index (χ3v) is 7.27. The lowest BCUT2D eigenvalue weighted by molar-refractivity contribution is 0.187. The summed E-state index contributed by atoms with van der Waals surface area (Å²) in [5.74, 6) is 3.88. The Balaban J connectivity index is 1.41. The smallest absolute Gasteiger partial charge is 0.119 e. The molecular formula is C27H36O. The van der Waals surface area contributed by atoms with Gasteiger partial charge in [-0.15, -0.1) is 0 Å². The van der Waals surface area contributed by atoms with Crippen LogP contribution < -0.4 is 4.74 Å². The highest BCUT2D eigenvalue weighted by molar-refractivity contribution is 5.66. The van der Waals surface area contributed by atoms with Crippen LogP contribution in [0, 0.1) is 17.8 Å². The molecule has 0 saturated heterocycles. The first-order valence-electron chi connectivity index (χ1n) is 11.6. The van der Waals surface area contributed by atoms with Gasteiger partial charge in [0, 0.05) is 0 Å². The highest BCUT2D eigenvalue weighted by Gasteiger charge is 2.29. The van der Waals surface area contributed by atoms with Crippen molar-refractivity contribution in [3.63, 3.8) is 0 Å². The van der Waals surface area contributed by atoms with Crippen LogP contribution >= 0.6 is 0 Å². The molecule has 150 valence electrons. The standard InChI is InChI=1S/C27H36O/c1-3-17-28-27-15-13-22(14-16-27)24-10-12-25-18-23(9-11-26(25)19-24)21-7-5-20(4-2)6-8-21/h10,12-16,19-21,23H,3-9,11,17-18H2,1-2H3. The maximum atomic E-state index is 5.72. The zero-order valence-electron chi connectivity index (χ0n) is 17.8. The van der Waals surface area contributed by atoms with E-state index >= 15 is 0 Å². The highest BCUT2D eigenvalue weighted by atomic mass is 16.5. The summed E-state index contributed by atoms with van der Waals surface area (Å²) >= 11 is 0. The predicted molar refractivity (Wildman–Crippen MR) is 119 cm³/mol. The number of ether oxygens (including phenoxy) is 1. The number of hydrogen-bond donors (Lipinski definition) is 0. The van der Waals surface area contributed by atoms with E-state index < -0.39 is 0 Å². The summed E-state index contributed by atoms with van der Waals surface area (Å²) in [6, 6.07) is 15.8. The van der Waals surface area contributed by atoms with E-state index in [1.54, 1.807) is 11.1 Å². The summed E-state index contributed by atoms with van der Waals surface area (Å²) in [7, 11) is 0. The zero-order chi connectivity index (χ0) is 19.3. The predicted octanol–water partition coefficient (Wildman–Crippen LogP) is 7.46. The minimum Gasteiger partial charge on any atom is -0.494 e. The third kappa shape index (κ3) is 4.45. The lowest BCUT2D eigenvalue weighted by atomic mass is 9.69. The number of hydrogen-bond acceptors (Lipinski definition) is 1. The van der Waals surface area contributed by atoms with Crippen LogP contribution in [-0.4, -0.2) is 6.61 Å². The van der Waals surface area contributed by atoms with Crippen LogP contribution in [0.15, 0.2) is 42.5 Å². The largest absolute Gasteiger partial charge is 0.494 e. The van der Waals surface area contributed by atoms with Gasteiger partial charge >= 0.3 is 0 Å². The second-order valence-corrected chi connectivity index (χ2v) is 9.05. The van der Waals surface area contributed by atoms with E-state index in [2.05, 4.69) is 56.3 Å². The first-order valence-corrected chi connectivity index (χ1v) is 11.6. The van der Waals surface area contributed by atoms with E-state index in [1.807, 2.05) is 0 Å². The van der Waals surface area contributed by atoms with Gasteiger partial charge in [0.25, 0.3) is 0 Å². The Labute approximate surface area is 171 Å². The van der Waals surface area contributed by atoms with Crippen molar-refractivity contribution in [2.75, 3.05) is 6.61 Å². The molecule has 2 aromatic rings. The zero-order valence-corrected chi connectivity index (χ0v) is 17.8. The summed E-state index contributed by atoms with van der Waals surface area (Å²) < 4.78 is 5.72. The maximum Gasteiger partial charge on any atom is 0.119 e. The Morgan fingerprint density at radius 3 is 2.25 bits per heavy atom. The minimum absolute atomic E-state index is 0.791. The van der Waals surface area contributed by atoms with Crippen molar-refractivity contribution in [3.05, 3.63) is 53.6 Å². The summed E-state index contributed by atoms with van der Waals surface area (Å²) in [5.41, 5.74) is 5.84. The van der Waals surface area contributed by atoms with Crippen molar-refractivity contribution in [1.29, 1.82) is 0 Å². The van der Waals surface area contributed by atoms with Gasteiger partial charge in [0.15, 0.2) is 0 Å². The monoisotopic (exact) mass is 376 g/mol. The van der Waals surface area contributed by atoms with E-state index in [0.29, 0.717) is 0 Å². The molecule has 0 aliphatic heterocycles. The summed E-state index contributed by atoms with van der Waals surface area (Å²) in [4.78, 5) is 0. The van der Waals surface area contributed by atoms with Gasteiger partial charge < -0.3 is 4.74 Å². The van der Waals surface area contributed by atoms with Crippen molar-refractivity contribution in [2.45, 2.75) is 71.6 Å². The van der Waals surface area contributed by atoms with Crippen molar-refractivity contribution in [3.8, 4) is 16.9 Å². The molecule has 0 bridgehead atoms. The molecular weight excluding hydrogens is 340 g/mol. The van der Waals surface area contributed by atoms with Crippen LogP contribution in [0.2, 0.25) is 0 Å². The average molecular weight is 377 g/mol. The second-order valence-electron chi connectivity index (χ2n) is 9.05. The molecule has 1 fully saturated rings. The molecule has 28 heavy (non-hydrogen) atoms. The Kier molecular flexibility index (Phi) is 6.40. The van der Waals surface area contributed by atoms with Crippen LogP contribution in [0.4, 0.5) is 0 Å². The normalized spacial score (nSPS) is 24.6. The molecule has 1 saturated carbocycles. The van der Waals surface area contributed by atoms with Gasteiger partial charge in [-0.3, -0.25) is 0 Å². The molecule has 2 aliphatic carbocycles. The lowest BCUT2D eigenvalue weighted by Crippen LogP contribution is -2.26. The Morgan fingerprint density at radius 2 is 1.54 bits per heavy atom. The van der Waals surface area contributed by atoms with E-state index in [9.17, 15) is 0 Å². The summed E-state index contributed by atoms with van der Waals surface area (Å²) in [6.07, 6.45) is 12.3. The SMILES string of the molecule is CCCOc1ccc(-c2ccc3c(c2)CCC(C2CCC(CC)CC2)C3)cc1. The molecule has 1 atom stereocenters. The number of fused-ring (bicyclic) bond motifs is 1. The van der Waals surface area contributed by atoms with Gasteiger partial charge in [-0.1, -0.05) is 63.4 Å². The van der Waals surface area contributed by atoms with Crippen molar-refractivity contribution in [1.82, 2.24) is 0 Å². The molecule has 1 heteroatoms. The van der Waals surface area contributed by atoms with E-state index in [1.165, 1.54) is 62.5 Å². The van der Waals surface area contributed by atoms with Crippen LogP contribution in [0.25, 0.3) is 11.1 Å². The molecule has 2 aliphatic rings. The fourth-order valence-corrected chi connectivity index (χ4v) is 5.40. The topological polar surface area (TPSA) is 9.23 Å². The Hall–Kier alpha value is -1.76. The second kappa shape index (κ2) is 9.16. The molecule has 0 spiro atoms. The van der Waals surface area contributed by atoms with Gasteiger partial charge in [0.1, 0.15) is 5.75 Å². The first-order chi connectivity index (χ1) is 13.8. The summed E-state index contributed by atoms with van der Waals surface area (Å²) in [6.45, 7) is 5.30. The lowest BCUT2D eigenvalue weighted by Gasteiger charge is -2.36. The Bertz CT molecular complexity index is 752. The Morgan fingerprint density at radius 1 is 0.786 bits per heavy atom. The van der Waals surface area contributed by atoms with Crippen LogP contribution in [-0.2, 0) is 12.8 Å². The molecule has 0 N–H and O–H groups in total. The average Bonchev–Trinajstić information content (AvgIpc) is 2.77. The molecule has 1 nitrogen and oxygen atoms in total. The van der Waals surface area contributed by atoms with Gasteiger partial charge in [-0.25, -0.2) is 0 Å². The van der Waals surface area contributed by atoms with Gasteiger partial charge in [-0.2, -0.15) is 0 Å². The number of benzene rings is 2. The van der Waals surface area contributed by atoms with Crippen LogP contribution in [0.5, 0.6) is 5.75 Å². The molecule has 0 amide bonds.